The normalized spacial score (nSPS) is 9.33. The SMILES string of the molecule is Nc1sccc1C(=O)O. The molecule has 0 aliphatic rings. The lowest BCUT2D eigenvalue weighted by Gasteiger charge is -1.86. The zero-order valence-corrected chi connectivity index (χ0v) is 5.31. The van der Waals surface area contributed by atoms with Crippen molar-refractivity contribution in [1.82, 2.24) is 0 Å². The molecule has 1 aromatic rings. The molecule has 0 saturated carbocycles. The Balaban J connectivity index is 3.08. The monoisotopic (exact) mass is 143 g/mol. The van der Waals surface area contributed by atoms with Gasteiger partial charge in [0.1, 0.15) is 5.00 Å². The maximum atomic E-state index is 10.2. The molecule has 0 aliphatic carbocycles. The third kappa shape index (κ3) is 1.02. The summed E-state index contributed by atoms with van der Waals surface area (Å²) in [7, 11) is 0. The highest BCUT2D eigenvalue weighted by Crippen LogP contribution is 2.17. The van der Waals surface area contributed by atoms with E-state index in [1.807, 2.05) is 0 Å². The molecule has 0 aromatic carbocycles. The van der Waals surface area contributed by atoms with Gasteiger partial charge in [-0.2, -0.15) is 0 Å². The van der Waals surface area contributed by atoms with Gasteiger partial charge in [0.25, 0.3) is 0 Å². The van der Waals surface area contributed by atoms with Crippen molar-refractivity contribution in [2.45, 2.75) is 0 Å². The topological polar surface area (TPSA) is 63.3 Å². The smallest absolute Gasteiger partial charge is 0.338 e. The number of nitrogens with two attached hydrogens (primary N) is 1. The molecule has 9 heavy (non-hydrogen) atoms. The molecule has 1 aromatic heterocycles. The lowest BCUT2D eigenvalue weighted by Crippen LogP contribution is -1.96. The molecule has 4 heteroatoms. The fourth-order valence-electron chi connectivity index (χ4n) is 0.498. The molecule has 0 fully saturated rings. The summed E-state index contributed by atoms with van der Waals surface area (Å²) < 4.78 is 0. The number of nitrogen functional groups attached to an aromatic ring is 1. The van der Waals surface area contributed by atoms with Crippen molar-refractivity contribution >= 4 is 22.3 Å². The molecular formula is C5H5NO2S. The zero-order chi connectivity index (χ0) is 6.85. The van der Waals surface area contributed by atoms with Crippen molar-refractivity contribution in [2.24, 2.45) is 0 Å². The first-order valence-corrected chi connectivity index (χ1v) is 3.16. The lowest BCUT2D eigenvalue weighted by molar-refractivity contribution is 0.0698. The van der Waals surface area contributed by atoms with E-state index in [2.05, 4.69) is 0 Å². The van der Waals surface area contributed by atoms with E-state index >= 15 is 0 Å². The van der Waals surface area contributed by atoms with Crippen LogP contribution in [0.4, 0.5) is 5.00 Å². The molecule has 0 atom stereocenters. The van der Waals surface area contributed by atoms with Crippen LogP contribution in [0.3, 0.4) is 0 Å². The van der Waals surface area contributed by atoms with E-state index in [9.17, 15) is 4.79 Å². The summed E-state index contributed by atoms with van der Waals surface area (Å²) in [5, 5.41) is 10.4. The Morgan fingerprint density at radius 1 is 1.78 bits per heavy atom. The molecule has 0 aliphatic heterocycles. The highest BCUT2D eigenvalue weighted by molar-refractivity contribution is 7.14. The average Bonchev–Trinajstić information content (AvgIpc) is 2.13. The highest BCUT2D eigenvalue weighted by Gasteiger charge is 2.06. The largest absolute Gasteiger partial charge is 0.478 e. The van der Waals surface area contributed by atoms with E-state index in [-0.39, 0.29) is 5.56 Å². The fraction of sp³-hybridized carbons (Fsp3) is 0. The van der Waals surface area contributed by atoms with Gasteiger partial charge in [-0.15, -0.1) is 11.3 Å². The maximum absolute atomic E-state index is 10.2. The molecule has 1 heterocycles. The number of carbonyl (C=O) groups is 1. The van der Waals surface area contributed by atoms with E-state index < -0.39 is 5.97 Å². The van der Waals surface area contributed by atoms with Crippen molar-refractivity contribution in [3.63, 3.8) is 0 Å². The molecule has 3 nitrogen and oxygen atoms in total. The summed E-state index contributed by atoms with van der Waals surface area (Å²) in [6.45, 7) is 0. The molecule has 0 unspecified atom stereocenters. The number of carboxylic acid groups (broad SMARTS) is 1. The van der Waals surface area contributed by atoms with Crippen LogP contribution in [0.25, 0.3) is 0 Å². The van der Waals surface area contributed by atoms with Crippen molar-refractivity contribution in [1.29, 1.82) is 0 Å². The van der Waals surface area contributed by atoms with Crippen LogP contribution in [0.1, 0.15) is 10.4 Å². The van der Waals surface area contributed by atoms with Crippen LogP contribution in [0, 0.1) is 0 Å². The van der Waals surface area contributed by atoms with Crippen LogP contribution in [0.2, 0.25) is 0 Å². The summed E-state index contributed by atoms with van der Waals surface area (Å²) in [6, 6.07) is 1.49. The minimum absolute atomic E-state index is 0.194. The van der Waals surface area contributed by atoms with Crippen LogP contribution in [-0.4, -0.2) is 11.1 Å². The van der Waals surface area contributed by atoms with Crippen LogP contribution in [0.5, 0.6) is 0 Å². The van der Waals surface area contributed by atoms with Gasteiger partial charge in [-0.3, -0.25) is 0 Å². The minimum Gasteiger partial charge on any atom is -0.478 e. The van der Waals surface area contributed by atoms with Crippen molar-refractivity contribution in [3.8, 4) is 0 Å². The van der Waals surface area contributed by atoms with E-state index in [0.717, 1.165) is 0 Å². The number of hydrogen-bond donors (Lipinski definition) is 2. The number of hydrogen-bond acceptors (Lipinski definition) is 3. The molecule has 0 amide bonds. The van der Waals surface area contributed by atoms with Crippen LogP contribution in [0.15, 0.2) is 11.4 Å². The number of carboxylic acids is 1. The molecule has 0 bridgehead atoms. The first-order chi connectivity index (χ1) is 4.22. The Morgan fingerprint density at radius 3 is 2.67 bits per heavy atom. The van der Waals surface area contributed by atoms with Crippen molar-refractivity contribution < 1.29 is 9.90 Å². The van der Waals surface area contributed by atoms with Crippen LogP contribution >= 0.6 is 11.3 Å². The average molecular weight is 143 g/mol. The van der Waals surface area contributed by atoms with Gasteiger partial charge in [-0.05, 0) is 11.4 Å². The molecule has 0 spiro atoms. The second-order valence-corrected chi connectivity index (χ2v) is 2.45. The summed E-state index contributed by atoms with van der Waals surface area (Å²) >= 11 is 1.23. The number of thiophene rings is 1. The first-order valence-electron chi connectivity index (χ1n) is 2.28. The summed E-state index contributed by atoms with van der Waals surface area (Å²) in [4.78, 5) is 10.2. The predicted molar refractivity (Wildman–Crippen MR) is 35.7 cm³/mol. The summed E-state index contributed by atoms with van der Waals surface area (Å²) in [6.07, 6.45) is 0. The molecule has 1 rings (SSSR count). The third-order valence-corrected chi connectivity index (χ3v) is 1.67. The highest BCUT2D eigenvalue weighted by atomic mass is 32.1. The molecule has 3 N–H and O–H groups in total. The Morgan fingerprint density at radius 2 is 2.44 bits per heavy atom. The van der Waals surface area contributed by atoms with Gasteiger partial charge in [0, 0.05) is 0 Å². The molecular weight excluding hydrogens is 138 g/mol. The Labute approximate surface area is 55.7 Å². The number of anilines is 1. The quantitative estimate of drug-likeness (QED) is 0.617. The second kappa shape index (κ2) is 2.06. The van der Waals surface area contributed by atoms with Gasteiger partial charge in [0.05, 0.1) is 5.56 Å². The zero-order valence-electron chi connectivity index (χ0n) is 4.50. The van der Waals surface area contributed by atoms with Gasteiger partial charge in [-0.25, -0.2) is 4.79 Å². The minimum atomic E-state index is -0.964. The van der Waals surface area contributed by atoms with Gasteiger partial charge in [0.15, 0.2) is 0 Å². The number of rotatable bonds is 1. The van der Waals surface area contributed by atoms with Crippen molar-refractivity contribution in [3.05, 3.63) is 17.0 Å². The Bertz CT molecular complexity index is 231. The van der Waals surface area contributed by atoms with E-state index in [1.54, 1.807) is 5.38 Å². The summed E-state index contributed by atoms with van der Waals surface area (Å²) in [5.74, 6) is -0.964. The first kappa shape index (κ1) is 6.10. The predicted octanol–water partition coefficient (Wildman–Crippen LogP) is 1.03. The molecule has 0 saturated heterocycles. The van der Waals surface area contributed by atoms with Gasteiger partial charge >= 0.3 is 5.97 Å². The standard InChI is InChI=1S/C5H5NO2S/c6-4-3(5(7)8)1-2-9-4/h1-2H,6H2,(H,7,8). The molecule has 0 radical (unpaired) electrons. The van der Waals surface area contributed by atoms with Crippen LogP contribution < -0.4 is 5.73 Å². The van der Waals surface area contributed by atoms with Gasteiger partial charge in [0.2, 0.25) is 0 Å². The third-order valence-electron chi connectivity index (χ3n) is 0.926. The maximum Gasteiger partial charge on any atom is 0.338 e. The van der Waals surface area contributed by atoms with E-state index in [1.165, 1.54) is 17.4 Å². The van der Waals surface area contributed by atoms with Gasteiger partial charge in [-0.1, -0.05) is 0 Å². The molecule has 48 valence electrons. The Hall–Kier alpha value is -1.03. The second-order valence-electron chi connectivity index (χ2n) is 1.50. The summed E-state index contributed by atoms with van der Waals surface area (Å²) in [5.41, 5.74) is 5.47. The number of aromatic carboxylic acids is 1. The lowest BCUT2D eigenvalue weighted by atomic mass is 10.3. The van der Waals surface area contributed by atoms with E-state index in [4.69, 9.17) is 10.8 Å². The fourth-order valence-corrected chi connectivity index (χ4v) is 1.13. The van der Waals surface area contributed by atoms with E-state index in [0.29, 0.717) is 5.00 Å². The van der Waals surface area contributed by atoms with Crippen molar-refractivity contribution in [2.75, 3.05) is 5.73 Å². The van der Waals surface area contributed by atoms with Gasteiger partial charge < -0.3 is 10.8 Å². The Kier molecular flexibility index (Phi) is 1.40. The van der Waals surface area contributed by atoms with Crippen LogP contribution in [-0.2, 0) is 0 Å².